The van der Waals surface area contributed by atoms with Crippen LogP contribution in [0.15, 0.2) is 18.3 Å². The Morgan fingerprint density at radius 3 is 2.81 bits per heavy atom. The Labute approximate surface area is 95.2 Å². The van der Waals surface area contributed by atoms with Gasteiger partial charge in [-0.1, -0.05) is 20.8 Å². The minimum atomic E-state index is -0.506. The molecule has 0 unspecified atom stereocenters. The zero-order valence-electron chi connectivity index (χ0n) is 9.65. The van der Waals surface area contributed by atoms with Crippen molar-refractivity contribution < 1.29 is 14.5 Å². The lowest BCUT2D eigenvalue weighted by atomic mass is 9.96. The summed E-state index contributed by atoms with van der Waals surface area (Å²) in [5, 5.41) is 11.3. The van der Waals surface area contributed by atoms with Crippen molar-refractivity contribution in [3.8, 4) is 5.75 Å². The van der Waals surface area contributed by atoms with E-state index in [-0.39, 0.29) is 5.91 Å². The number of nitrogens with one attached hydrogen (secondary N) is 1. The molecule has 0 fully saturated rings. The maximum absolute atomic E-state index is 11.7. The quantitative estimate of drug-likeness (QED) is 0.738. The third-order valence-electron chi connectivity index (χ3n) is 1.90. The summed E-state index contributed by atoms with van der Waals surface area (Å²) in [6.45, 7) is 5.41. The van der Waals surface area contributed by atoms with E-state index in [0.29, 0.717) is 11.6 Å². The number of carbonyl (C=O) groups excluding carboxylic acids is 1. The van der Waals surface area contributed by atoms with Gasteiger partial charge in [0.25, 0.3) is 0 Å². The van der Waals surface area contributed by atoms with Gasteiger partial charge in [0.1, 0.15) is 5.75 Å². The Balaban J connectivity index is 2.84. The predicted molar refractivity (Wildman–Crippen MR) is 62.3 cm³/mol. The molecule has 6 heteroatoms. The fourth-order valence-electron chi connectivity index (χ4n) is 0.965. The van der Waals surface area contributed by atoms with Crippen LogP contribution in [-0.4, -0.2) is 23.6 Å². The van der Waals surface area contributed by atoms with Crippen LogP contribution in [0.1, 0.15) is 20.8 Å². The number of anilines is 1. The van der Waals surface area contributed by atoms with Crippen molar-refractivity contribution in [3.05, 3.63) is 18.3 Å². The lowest BCUT2D eigenvalue weighted by Crippen LogP contribution is -2.28. The van der Waals surface area contributed by atoms with Crippen LogP contribution < -0.4 is 9.97 Å². The minimum Gasteiger partial charge on any atom is -0.536 e. The number of rotatable bonds is 3. The number of carbonyl (C=O) groups is 1. The molecule has 1 aromatic rings. The number of hydrogen-bond acceptors (Lipinski definition) is 4. The molecule has 0 bridgehead atoms. The monoisotopic (exact) mass is 222 g/mol. The Bertz CT molecular complexity index is 377. The molecular formula is C10H15BN2O3. The highest BCUT2D eigenvalue weighted by Gasteiger charge is 2.22. The SMILES string of the molecule is CC(C)(C)C(=O)Nc1ncccc1OBO. The van der Waals surface area contributed by atoms with Crippen molar-refractivity contribution in [1.29, 1.82) is 0 Å². The second kappa shape index (κ2) is 4.98. The van der Waals surface area contributed by atoms with Crippen LogP contribution in [0.2, 0.25) is 0 Å². The molecule has 1 amide bonds. The van der Waals surface area contributed by atoms with Crippen molar-refractivity contribution in [3.63, 3.8) is 0 Å². The molecule has 0 aromatic carbocycles. The number of hydrogen-bond donors (Lipinski definition) is 2. The van der Waals surface area contributed by atoms with Gasteiger partial charge in [-0.15, -0.1) is 0 Å². The molecule has 0 spiro atoms. The van der Waals surface area contributed by atoms with Crippen molar-refractivity contribution in [2.75, 3.05) is 5.32 Å². The fourth-order valence-corrected chi connectivity index (χ4v) is 0.965. The Kier molecular flexibility index (Phi) is 3.90. The van der Waals surface area contributed by atoms with Gasteiger partial charge in [0.05, 0.1) is 0 Å². The Morgan fingerprint density at radius 2 is 2.25 bits per heavy atom. The first-order valence-electron chi connectivity index (χ1n) is 4.95. The molecule has 1 heterocycles. The van der Waals surface area contributed by atoms with Crippen LogP contribution in [0.4, 0.5) is 5.82 Å². The highest BCUT2D eigenvalue weighted by molar-refractivity contribution is 6.17. The molecule has 5 nitrogen and oxygen atoms in total. The molecule has 0 atom stereocenters. The van der Waals surface area contributed by atoms with Crippen LogP contribution in [-0.2, 0) is 4.79 Å². The van der Waals surface area contributed by atoms with Crippen molar-refractivity contribution in [2.45, 2.75) is 20.8 Å². The molecule has 0 saturated carbocycles. The van der Waals surface area contributed by atoms with Crippen molar-refractivity contribution >= 4 is 19.4 Å². The van der Waals surface area contributed by atoms with E-state index in [1.54, 1.807) is 39.1 Å². The molecule has 0 aliphatic carbocycles. The molecule has 0 aliphatic rings. The first-order valence-corrected chi connectivity index (χ1v) is 4.95. The predicted octanol–water partition coefficient (Wildman–Crippen LogP) is 0.704. The van der Waals surface area contributed by atoms with Crippen LogP contribution in [0.3, 0.4) is 0 Å². The Hall–Kier alpha value is -1.56. The number of aromatic nitrogens is 1. The largest absolute Gasteiger partial charge is 0.536 e. The van der Waals surface area contributed by atoms with E-state index >= 15 is 0 Å². The van der Waals surface area contributed by atoms with Crippen molar-refractivity contribution in [2.24, 2.45) is 5.41 Å². The average Bonchev–Trinajstić information content (AvgIpc) is 2.20. The highest BCUT2D eigenvalue weighted by atomic mass is 16.5. The van der Waals surface area contributed by atoms with Gasteiger partial charge in [-0.3, -0.25) is 4.79 Å². The van der Waals surface area contributed by atoms with Gasteiger partial charge >= 0.3 is 7.69 Å². The standard InChI is InChI=1S/C10H15BN2O3/c1-10(2,3)9(14)13-8-7(16-11-15)5-4-6-12-8/h4-6,11,15H,1-3H3,(H,12,13,14). The van der Waals surface area contributed by atoms with Gasteiger partial charge in [0.15, 0.2) is 5.82 Å². The lowest BCUT2D eigenvalue weighted by Gasteiger charge is -2.18. The van der Waals surface area contributed by atoms with Crippen LogP contribution >= 0.6 is 0 Å². The first kappa shape index (κ1) is 12.5. The van der Waals surface area contributed by atoms with Crippen LogP contribution in [0, 0.1) is 5.41 Å². The summed E-state index contributed by atoms with van der Waals surface area (Å²) < 4.78 is 4.93. The van der Waals surface area contributed by atoms with E-state index in [2.05, 4.69) is 10.3 Å². The highest BCUT2D eigenvalue weighted by Crippen LogP contribution is 2.23. The van der Waals surface area contributed by atoms with E-state index < -0.39 is 13.1 Å². The third kappa shape index (κ3) is 3.24. The molecule has 0 radical (unpaired) electrons. The third-order valence-corrected chi connectivity index (χ3v) is 1.90. The maximum Gasteiger partial charge on any atom is 0.504 e. The maximum atomic E-state index is 11.7. The van der Waals surface area contributed by atoms with E-state index in [0.717, 1.165) is 0 Å². The summed E-state index contributed by atoms with van der Waals surface area (Å²) in [6.07, 6.45) is 1.54. The van der Waals surface area contributed by atoms with Gasteiger partial charge < -0.3 is 15.0 Å². The zero-order chi connectivity index (χ0) is 12.2. The van der Waals surface area contributed by atoms with E-state index in [1.165, 1.54) is 0 Å². The number of nitrogens with zero attached hydrogens (tertiary/aromatic N) is 1. The summed E-state index contributed by atoms with van der Waals surface area (Å²) >= 11 is 0. The van der Waals surface area contributed by atoms with E-state index in [4.69, 9.17) is 9.68 Å². The van der Waals surface area contributed by atoms with Gasteiger partial charge in [-0.05, 0) is 12.1 Å². The molecule has 1 aromatic heterocycles. The molecule has 1 rings (SSSR count). The Morgan fingerprint density at radius 1 is 1.56 bits per heavy atom. The van der Waals surface area contributed by atoms with E-state index in [1.807, 2.05) is 0 Å². The smallest absolute Gasteiger partial charge is 0.504 e. The lowest BCUT2D eigenvalue weighted by molar-refractivity contribution is -0.123. The van der Waals surface area contributed by atoms with Gasteiger partial charge in [0.2, 0.25) is 5.91 Å². The van der Waals surface area contributed by atoms with Gasteiger partial charge in [-0.25, -0.2) is 4.98 Å². The molecule has 0 aliphatic heterocycles. The van der Waals surface area contributed by atoms with Crippen molar-refractivity contribution in [1.82, 2.24) is 4.98 Å². The summed E-state index contributed by atoms with van der Waals surface area (Å²) in [6, 6.07) is 3.29. The molecule has 16 heavy (non-hydrogen) atoms. The molecule has 2 N–H and O–H groups in total. The summed E-state index contributed by atoms with van der Waals surface area (Å²) in [5.41, 5.74) is -0.506. The summed E-state index contributed by atoms with van der Waals surface area (Å²) in [5.74, 6) is 0.507. The molecule has 86 valence electrons. The zero-order valence-corrected chi connectivity index (χ0v) is 9.65. The van der Waals surface area contributed by atoms with Gasteiger partial charge in [-0.2, -0.15) is 0 Å². The van der Waals surface area contributed by atoms with Crippen LogP contribution in [0.5, 0.6) is 5.75 Å². The molecule has 0 saturated heterocycles. The normalized spacial score (nSPS) is 10.8. The van der Waals surface area contributed by atoms with Crippen LogP contribution in [0.25, 0.3) is 0 Å². The topological polar surface area (TPSA) is 71.5 Å². The van der Waals surface area contributed by atoms with E-state index in [9.17, 15) is 4.79 Å². The second-order valence-corrected chi connectivity index (χ2v) is 4.33. The number of pyridine rings is 1. The average molecular weight is 222 g/mol. The minimum absolute atomic E-state index is 0.158. The van der Waals surface area contributed by atoms with Gasteiger partial charge in [0, 0.05) is 11.6 Å². The first-order chi connectivity index (χ1) is 7.45. The number of amides is 1. The second-order valence-electron chi connectivity index (χ2n) is 4.33. The summed E-state index contributed by atoms with van der Waals surface area (Å²) in [7, 11) is -0.454. The molecular weight excluding hydrogens is 207 g/mol. The fraction of sp³-hybridized carbons (Fsp3) is 0.400. The summed E-state index contributed by atoms with van der Waals surface area (Å²) in [4.78, 5) is 15.7.